The van der Waals surface area contributed by atoms with Crippen molar-refractivity contribution in [3.8, 4) is 11.3 Å². The van der Waals surface area contributed by atoms with E-state index < -0.39 is 21.4 Å². The fraction of sp³-hybridized carbons (Fsp3) is 0.333. The zero-order valence-corrected chi connectivity index (χ0v) is 17.0. The summed E-state index contributed by atoms with van der Waals surface area (Å²) in [6.45, 7) is 5.31. The molecule has 2 aromatic heterocycles. The smallest absolute Gasteiger partial charge is 0.278 e. The van der Waals surface area contributed by atoms with Gasteiger partial charge >= 0.3 is 0 Å². The van der Waals surface area contributed by atoms with E-state index in [0.29, 0.717) is 11.9 Å². The summed E-state index contributed by atoms with van der Waals surface area (Å²) in [4.78, 5) is 25.3. The predicted molar refractivity (Wildman–Crippen MR) is 109 cm³/mol. The fourth-order valence-corrected chi connectivity index (χ4v) is 4.05. The van der Waals surface area contributed by atoms with Crippen molar-refractivity contribution >= 4 is 32.8 Å². The van der Waals surface area contributed by atoms with Gasteiger partial charge in [0.05, 0.1) is 17.6 Å². The first-order valence-corrected chi connectivity index (χ1v) is 10.6. The summed E-state index contributed by atoms with van der Waals surface area (Å²) in [5, 5.41) is 0. The predicted octanol–water partition coefficient (Wildman–Crippen LogP) is 2.31. The highest BCUT2D eigenvalue weighted by molar-refractivity contribution is 7.92. The standard InChI is InChI=1S/C18H21FN6O3S/c1-4-7-29(27,28)24-13-6-5-11(8-12(13)19)15-17(26)25(10(2)3)16-14(22-15)9-21-18(20)23-16/h5-6,8-10,24H,4,7H2,1-3H3,(H2,20,21,23). The first-order chi connectivity index (χ1) is 13.6. The third-order valence-corrected chi connectivity index (χ3v) is 5.62. The van der Waals surface area contributed by atoms with Crippen LogP contribution in [0.1, 0.15) is 33.2 Å². The lowest BCUT2D eigenvalue weighted by molar-refractivity contribution is 0.593. The number of aromatic nitrogens is 4. The van der Waals surface area contributed by atoms with Crippen molar-refractivity contribution in [1.82, 2.24) is 19.5 Å². The average Bonchev–Trinajstić information content (AvgIpc) is 2.62. The highest BCUT2D eigenvalue weighted by Crippen LogP contribution is 2.24. The largest absolute Gasteiger partial charge is 0.368 e. The van der Waals surface area contributed by atoms with Crippen LogP contribution in [0.2, 0.25) is 0 Å². The van der Waals surface area contributed by atoms with Crippen molar-refractivity contribution in [3.63, 3.8) is 0 Å². The van der Waals surface area contributed by atoms with Gasteiger partial charge in [0.15, 0.2) is 5.65 Å². The van der Waals surface area contributed by atoms with Crippen LogP contribution in [0.3, 0.4) is 0 Å². The van der Waals surface area contributed by atoms with Crippen LogP contribution in [-0.2, 0) is 10.0 Å². The van der Waals surface area contributed by atoms with E-state index in [-0.39, 0.29) is 40.3 Å². The molecule has 0 amide bonds. The average molecular weight is 420 g/mol. The summed E-state index contributed by atoms with van der Waals surface area (Å²) in [6.07, 6.45) is 1.79. The molecule has 0 unspecified atom stereocenters. The van der Waals surface area contributed by atoms with Gasteiger partial charge in [0.25, 0.3) is 5.56 Å². The molecule has 0 fully saturated rings. The zero-order valence-electron chi connectivity index (χ0n) is 16.2. The van der Waals surface area contributed by atoms with Gasteiger partial charge in [-0.3, -0.25) is 14.1 Å². The number of benzene rings is 1. The molecule has 0 atom stereocenters. The van der Waals surface area contributed by atoms with Crippen LogP contribution < -0.4 is 16.0 Å². The van der Waals surface area contributed by atoms with Gasteiger partial charge in [-0.15, -0.1) is 0 Å². The number of nitrogens with one attached hydrogen (secondary N) is 1. The zero-order chi connectivity index (χ0) is 21.3. The minimum absolute atomic E-state index is 0.00133. The van der Waals surface area contributed by atoms with E-state index in [1.807, 2.05) is 0 Å². The van der Waals surface area contributed by atoms with Gasteiger partial charge < -0.3 is 5.73 Å². The SMILES string of the molecule is CCCS(=O)(=O)Nc1ccc(-c2nc3cnc(N)nc3n(C(C)C)c2=O)cc1F. The van der Waals surface area contributed by atoms with Gasteiger partial charge in [0, 0.05) is 11.6 Å². The minimum atomic E-state index is -3.64. The third kappa shape index (κ3) is 4.19. The van der Waals surface area contributed by atoms with Crippen molar-refractivity contribution in [2.75, 3.05) is 16.2 Å². The van der Waals surface area contributed by atoms with Gasteiger partial charge in [-0.2, -0.15) is 4.98 Å². The molecule has 0 aliphatic heterocycles. The van der Waals surface area contributed by atoms with Crippen LogP contribution in [-0.4, -0.2) is 33.7 Å². The quantitative estimate of drug-likeness (QED) is 0.625. The molecule has 3 rings (SSSR count). The summed E-state index contributed by atoms with van der Waals surface area (Å²) in [5.74, 6) is -0.924. The van der Waals surface area contributed by atoms with E-state index >= 15 is 0 Å². The van der Waals surface area contributed by atoms with Crippen LogP contribution in [0, 0.1) is 5.82 Å². The summed E-state index contributed by atoms with van der Waals surface area (Å²) in [5.41, 5.74) is 5.79. The van der Waals surface area contributed by atoms with Gasteiger partial charge in [-0.05, 0) is 32.4 Å². The number of hydrogen-bond acceptors (Lipinski definition) is 7. The molecular formula is C18H21FN6O3S. The highest BCUT2D eigenvalue weighted by atomic mass is 32.2. The monoisotopic (exact) mass is 420 g/mol. The first-order valence-electron chi connectivity index (χ1n) is 8.98. The molecule has 11 heteroatoms. The second-order valence-corrected chi connectivity index (χ2v) is 8.62. The highest BCUT2D eigenvalue weighted by Gasteiger charge is 2.18. The van der Waals surface area contributed by atoms with E-state index in [0.717, 1.165) is 6.07 Å². The van der Waals surface area contributed by atoms with Crippen molar-refractivity contribution in [2.45, 2.75) is 33.2 Å². The second kappa shape index (κ2) is 7.74. The van der Waals surface area contributed by atoms with E-state index in [2.05, 4.69) is 19.7 Å². The Kier molecular flexibility index (Phi) is 5.51. The lowest BCUT2D eigenvalue weighted by atomic mass is 10.1. The minimum Gasteiger partial charge on any atom is -0.368 e. The van der Waals surface area contributed by atoms with Crippen LogP contribution in [0.4, 0.5) is 16.0 Å². The van der Waals surface area contributed by atoms with E-state index in [9.17, 15) is 17.6 Å². The summed E-state index contributed by atoms with van der Waals surface area (Å²) in [7, 11) is -3.64. The molecule has 0 radical (unpaired) electrons. The second-order valence-electron chi connectivity index (χ2n) is 6.78. The molecule has 0 aliphatic rings. The lowest BCUT2D eigenvalue weighted by Gasteiger charge is -2.15. The third-order valence-electron chi connectivity index (χ3n) is 4.15. The number of rotatable bonds is 6. The van der Waals surface area contributed by atoms with E-state index in [4.69, 9.17) is 5.73 Å². The molecule has 3 aromatic rings. The number of sulfonamides is 1. The van der Waals surface area contributed by atoms with Crippen molar-refractivity contribution < 1.29 is 12.8 Å². The molecule has 1 aromatic carbocycles. The number of halogens is 1. The normalized spacial score (nSPS) is 11.9. The van der Waals surface area contributed by atoms with Gasteiger partial charge in [0.2, 0.25) is 16.0 Å². The number of hydrogen-bond donors (Lipinski definition) is 2. The number of fused-ring (bicyclic) bond motifs is 1. The Morgan fingerprint density at radius 2 is 2.00 bits per heavy atom. The molecule has 0 aliphatic carbocycles. The van der Waals surface area contributed by atoms with Crippen LogP contribution >= 0.6 is 0 Å². The Morgan fingerprint density at radius 3 is 2.62 bits per heavy atom. The Bertz CT molecular complexity index is 1240. The maximum atomic E-state index is 14.6. The van der Waals surface area contributed by atoms with E-state index in [1.54, 1.807) is 20.8 Å². The Labute approximate surface area is 166 Å². The topological polar surface area (TPSA) is 133 Å². The maximum Gasteiger partial charge on any atom is 0.278 e. The van der Waals surface area contributed by atoms with Gasteiger partial charge in [0.1, 0.15) is 17.0 Å². The van der Waals surface area contributed by atoms with E-state index in [1.165, 1.54) is 22.9 Å². The lowest BCUT2D eigenvalue weighted by Crippen LogP contribution is -2.26. The molecule has 29 heavy (non-hydrogen) atoms. The Morgan fingerprint density at radius 1 is 1.28 bits per heavy atom. The van der Waals surface area contributed by atoms with Crippen LogP contribution in [0.15, 0.2) is 29.2 Å². The molecule has 0 spiro atoms. The maximum absolute atomic E-state index is 14.6. The van der Waals surface area contributed by atoms with Crippen LogP contribution in [0.5, 0.6) is 0 Å². The number of nitrogen functional groups attached to an aromatic ring is 1. The molecule has 9 nitrogen and oxygen atoms in total. The number of anilines is 2. The summed E-state index contributed by atoms with van der Waals surface area (Å²) >= 11 is 0. The molecule has 0 bridgehead atoms. The van der Waals surface area contributed by atoms with Crippen molar-refractivity contribution in [2.24, 2.45) is 0 Å². The fourth-order valence-electron chi connectivity index (χ4n) is 2.91. The number of nitrogens with zero attached hydrogens (tertiary/aromatic N) is 4. The van der Waals surface area contributed by atoms with Crippen molar-refractivity contribution in [3.05, 3.63) is 40.6 Å². The number of nitrogens with two attached hydrogens (primary N) is 1. The summed E-state index contributed by atoms with van der Waals surface area (Å²) in [6, 6.07) is 3.52. The van der Waals surface area contributed by atoms with Gasteiger partial charge in [-0.25, -0.2) is 22.8 Å². The Balaban J connectivity index is 2.14. The van der Waals surface area contributed by atoms with Crippen molar-refractivity contribution in [1.29, 1.82) is 0 Å². The van der Waals surface area contributed by atoms with Gasteiger partial charge in [-0.1, -0.05) is 13.0 Å². The molecule has 154 valence electrons. The first kappa shape index (κ1) is 20.6. The molecule has 0 saturated heterocycles. The molecule has 3 N–H and O–H groups in total. The summed E-state index contributed by atoms with van der Waals surface area (Å²) < 4.78 is 41.9. The van der Waals surface area contributed by atoms with Crippen LogP contribution in [0.25, 0.3) is 22.4 Å². The molecule has 2 heterocycles. The molecular weight excluding hydrogens is 399 g/mol. The molecule has 0 saturated carbocycles. The Hall–Kier alpha value is -3.08.